The second-order valence-electron chi connectivity index (χ2n) is 4.21. The summed E-state index contributed by atoms with van der Waals surface area (Å²) in [5.41, 5.74) is 0.871. The lowest BCUT2D eigenvalue weighted by Gasteiger charge is -1.99. The van der Waals surface area contributed by atoms with Crippen molar-refractivity contribution in [1.29, 1.82) is 0 Å². The highest BCUT2D eigenvalue weighted by Gasteiger charge is 2.11. The molecule has 0 radical (unpaired) electrons. The zero-order chi connectivity index (χ0) is 14.7. The molecule has 3 rings (SSSR count). The van der Waals surface area contributed by atoms with Crippen LogP contribution in [0.4, 0.5) is 0 Å². The second kappa shape index (κ2) is 6.28. The first-order valence-electron chi connectivity index (χ1n) is 6.35. The first-order chi connectivity index (χ1) is 10.3. The molecule has 0 atom stereocenters. The average Bonchev–Trinajstić information content (AvgIpc) is 3.14. The number of aromatic nitrogens is 5. The van der Waals surface area contributed by atoms with Gasteiger partial charge in [0, 0.05) is 17.1 Å². The highest BCUT2D eigenvalue weighted by atomic mass is 35.5. The minimum absolute atomic E-state index is 0.551. The van der Waals surface area contributed by atoms with Gasteiger partial charge in [-0.1, -0.05) is 28.5 Å². The highest BCUT2D eigenvalue weighted by molar-refractivity contribution is 7.98. The van der Waals surface area contributed by atoms with Crippen molar-refractivity contribution in [2.24, 2.45) is 0 Å². The van der Waals surface area contributed by atoms with Crippen LogP contribution in [0.1, 0.15) is 12.8 Å². The Morgan fingerprint density at radius 2 is 2.10 bits per heavy atom. The summed E-state index contributed by atoms with van der Waals surface area (Å²) in [7, 11) is 0. The van der Waals surface area contributed by atoms with Gasteiger partial charge in [-0.05, 0) is 31.2 Å². The molecule has 0 saturated carbocycles. The molecule has 0 amide bonds. The van der Waals surface area contributed by atoms with Gasteiger partial charge in [0.05, 0.1) is 5.75 Å². The molecule has 0 saturated heterocycles. The van der Waals surface area contributed by atoms with Crippen LogP contribution in [0.25, 0.3) is 11.4 Å². The fourth-order valence-electron chi connectivity index (χ4n) is 1.73. The third-order valence-corrected chi connectivity index (χ3v) is 4.03. The van der Waals surface area contributed by atoms with Crippen LogP contribution in [0.3, 0.4) is 0 Å². The molecular weight excluding hydrogens is 310 g/mol. The number of halogens is 1. The SMILES string of the molecule is CCn1cnnc1SCc1nc(-c2ccc(Cl)cc2)no1. The minimum atomic E-state index is 0.551. The largest absolute Gasteiger partial charge is 0.338 e. The molecule has 1 aromatic carbocycles. The van der Waals surface area contributed by atoms with Crippen LogP contribution in [-0.2, 0) is 12.3 Å². The Balaban J connectivity index is 1.69. The Bertz CT molecular complexity index is 724. The number of nitrogens with zero attached hydrogens (tertiary/aromatic N) is 5. The van der Waals surface area contributed by atoms with Crippen molar-refractivity contribution in [2.45, 2.75) is 24.4 Å². The molecule has 21 heavy (non-hydrogen) atoms. The van der Waals surface area contributed by atoms with E-state index in [1.807, 2.05) is 23.6 Å². The van der Waals surface area contributed by atoms with Crippen molar-refractivity contribution in [3.05, 3.63) is 41.5 Å². The van der Waals surface area contributed by atoms with Crippen LogP contribution in [0.15, 0.2) is 40.3 Å². The Kier molecular flexibility index (Phi) is 4.21. The Morgan fingerprint density at radius 1 is 1.29 bits per heavy atom. The van der Waals surface area contributed by atoms with Gasteiger partial charge in [0.2, 0.25) is 11.7 Å². The molecule has 0 aliphatic carbocycles. The summed E-state index contributed by atoms with van der Waals surface area (Å²) in [6, 6.07) is 7.31. The zero-order valence-electron chi connectivity index (χ0n) is 11.2. The smallest absolute Gasteiger partial charge is 0.237 e. The van der Waals surface area contributed by atoms with Gasteiger partial charge in [0.15, 0.2) is 5.16 Å². The summed E-state index contributed by atoms with van der Waals surface area (Å²) in [4.78, 5) is 4.37. The predicted octanol–water partition coefficient (Wildman–Crippen LogP) is 3.29. The Labute approximate surface area is 130 Å². The van der Waals surface area contributed by atoms with Crippen LogP contribution in [0.2, 0.25) is 5.02 Å². The average molecular weight is 322 g/mol. The monoisotopic (exact) mass is 321 g/mol. The van der Waals surface area contributed by atoms with E-state index in [1.165, 1.54) is 11.8 Å². The quantitative estimate of drug-likeness (QED) is 0.672. The van der Waals surface area contributed by atoms with Crippen LogP contribution in [-0.4, -0.2) is 24.9 Å². The maximum atomic E-state index is 5.86. The molecule has 108 valence electrons. The molecule has 2 heterocycles. The Morgan fingerprint density at radius 3 is 2.86 bits per heavy atom. The van der Waals surface area contributed by atoms with Gasteiger partial charge in [-0.2, -0.15) is 4.98 Å². The molecule has 0 fully saturated rings. The maximum Gasteiger partial charge on any atom is 0.237 e. The summed E-state index contributed by atoms with van der Waals surface area (Å²) in [6.45, 7) is 2.87. The van der Waals surface area contributed by atoms with Crippen molar-refractivity contribution in [3.63, 3.8) is 0 Å². The topological polar surface area (TPSA) is 69.6 Å². The predicted molar refractivity (Wildman–Crippen MR) is 80.0 cm³/mol. The van der Waals surface area contributed by atoms with Crippen LogP contribution < -0.4 is 0 Å². The van der Waals surface area contributed by atoms with Crippen LogP contribution >= 0.6 is 23.4 Å². The number of benzene rings is 1. The van der Waals surface area contributed by atoms with Crippen molar-refractivity contribution in [3.8, 4) is 11.4 Å². The van der Waals surface area contributed by atoms with E-state index in [0.717, 1.165) is 17.3 Å². The molecule has 0 aliphatic rings. The van der Waals surface area contributed by atoms with Gasteiger partial charge < -0.3 is 9.09 Å². The molecule has 6 nitrogen and oxygen atoms in total. The van der Waals surface area contributed by atoms with Crippen molar-refractivity contribution in [2.75, 3.05) is 0 Å². The molecule has 2 aromatic heterocycles. The van der Waals surface area contributed by atoms with E-state index in [4.69, 9.17) is 16.1 Å². The minimum Gasteiger partial charge on any atom is -0.338 e. The molecule has 3 aromatic rings. The number of thioether (sulfide) groups is 1. The fraction of sp³-hybridized carbons (Fsp3) is 0.231. The first-order valence-corrected chi connectivity index (χ1v) is 7.71. The van der Waals surface area contributed by atoms with Crippen molar-refractivity contribution < 1.29 is 4.52 Å². The third-order valence-electron chi connectivity index (χ3n) is 2.82. The summed E-state index contributed by atoms with van der Waals surface area (Å²) in [5.74, 6) is 1.66. The molecule has 0 aliphatic heterocycles. The molecular formula is C13H12ClN5OS. The lowest BCUT2D eigenvalue weighted by atomic mass is 10.2. The summed E-state index contributed by atoms with van der Waals surface area (Å²) in [6.07, 6.45) is 1.70. The van der Waals surface area contributed by atoms with E-state index in [0.29, 0.717) is 22.5 Å². The fourth-order valence-corrected chi connectivity index (χ4v) is 2.67. The van der Waals surface area contributed by atoms with Gasteiger partial charge >= 0.3 is 0 Å². The normalized spacial score (nSPS) is 11.0. The third kappa shape index (κ3) is 3.25. The van der Waals surface area contributed by atoms with E-state index in [2.05, 4.69) is 20.3 Å². The summed E-state index contributed by atoms with van der Waals surface area (Å²) < 4.78 is 7.21. The van der Waals surface area contributed by atoms with E-state index in [1.54, 1.807) is 18.5 Å². The summed E-state index contributed by atoms with van der Waals surface area (Å²) in [5, 5.41) is 13.4. The van der Waals surface area contributed by atoms with Crippen LogP contribution in [0, 0.1) is 0 Å². The highest BCUT2D eigenvalue weighted by Crippen LogP contribution is 2.22. The van der Waals surface area contributed by atoms with E-state index >= 15 is 0 Å². The van der Waals surface area contributed by atoms with E-state index in [9.17, 15) is 0 Å². The van der Waals surface area contributed by atoms with Gasteiger partial charge in [-0.15, -0.1) is 10.2 Å². The van der Waals surface area contributed by atoms with Crippen molar-refractivity contribution in [1.82, 2.24) is 24.9 Å². The molecule has 0 N–H and O–H groups in total. The van der Waals surface area contributed by atoms with Crippen LogP contribution in [0.5, 0.6) is 0 Å². The second-order valence-corrected chi connectivity index (χ2v) is 5.59. The lowest BCUT2D eigenvalue weighted by molar-refractivity contribution is 0.391. The number of hydrogen-bond donors (Lipinski definition) is 0. The number of rotatable bonds is 5. The molecule has 0 unspecified atom stereocenters. The summed E-state index contributed by atoms with van der Waals surface area (Å²) >= 11 is 7.37. The van der Waals surface area contributed by atoms with E-state index < -0.39 is 0 Å². The standard InChI is InChI=1S/C13H12ClN5OS/c1-2-19-8-15-17-13(19)21-7-11-16-12(18-20-11)9-3-5-10(14)6-4-9/h3-6,8H,2,7H2,1H3. The number of aryl methyl sites for hydroxylation is 1. The molecule has 0 bridgehead atoms. The molecule has 8 heteroatoms. The van der Waals surface area contributed by atoms with Crippen molar-refractivity contribution >= 4 is 23.4 Å². The lowest BCUT2D eigenvalue weighted by Crippen LogP contribution is -1.94. The van der Waals surface area contributed by atoms with Gasteiger partial charge in [0.25, 0.3) is 0 Å². The maximum absolute atomic E-state index is 5.86. The van der Waals surface area contributed by atoms with Gasteiger partial charge in [-0.3, -0.25) is 0 Å². The van der Waals surface area contributed by atoms with Gasteiger partial charge in [0.1, 0.15) is 6.33 Å². The zero-order valence-corrected chi connectivity index (χ0v) is 12.8. The number of hydrogen-bond acceptors (Lipinski definition) is 6. The van der Waals surface area contributed by atoms with Gasteiger partial charge in [-0.25, -0.2) is 0 Å². The van der Waals surface area contributed by atoms with E-state index in [-0.39, 0.29) is 0 Å². The molecule has 0 spiro atoms. The first kappa shape index (κ1) is 14.1. The Hall–Kier alpha value is -1.86.